The summed E-state index contributed by atoms with van der Waals surface area (Å²) in [5, 5.41) is 9.19. The molecule has 0 atom stereocenters. The highest BCUT2D eigenvalue weighted by Crippen LogP contribution is 2.17. The second-order valence-electron chi connectivity index (χ2n) is 5.27. The van der Waals surface area contributed by atoms with Crippen molar-refractivity contribution in [3.8, 4) is 5.75 Å². The van der Waals surface area contributed by atoms with E-state index in [2.05, 4.69) is 0 Å². The van der Waals surface area contributed by atoms with Gasteiger partial charge in [-0.15, -0.1) is 0 Å². The number of likely N-dealkylation sites (N-methyl/N-ethyl adjacent to an activating group) is 1. The summed E-state index contributed by atoms with van der Waals surface area (Å²) in [5.41, 5.74) is -1.19. The fourth-order valence-corrected chi connectivity index (χ4v) is 2.06. The molecular formula is C16H23NO4. The SMILES string of the molecule is CCN(C(=O)CCCOc1ccccc1)C(C)(C)C(=O)O. The average molecular weight is 293 g/mol. The molecule has 0 heterocycles. The van der Waals surface area contributed by atoms with E-state index in [-0.39, 0.29) is 12.3 Å². The number of aliphatic carboxylic acids is 1. The second-order valence-corrected chi connectivity index (χ2v) is 5.27. The molecule has 5 nitrogen and oxygen atoms in total. The van der Waals surface area contributed by atoms with E-state index in [1.54, 1.807) is 6.92 Å². The van der Waals surface area contributed by atoms with Gasteiger partial charge in [-0.1, -0.05) is 18.2 Å². The molecule has 21 heavy (non-hydrogen) atoms. The van der Waals surface area contributed by atoms with E-state index in [0.717, 1.165) is 5.75 Å². The predicted octanol–water partition coefficient (Wildman–Crippen LogP) is 2.56. The summed E-state index contributed by atoms with van der Waals surface area (Å²) in [6.45, 7) is 5.66. The fraction of sp³-hybridized carbons (Fsp3) is 0.500. The van der Waals surface area contributed by atoms with Gasteiger partial charge in [0.1, 0.15) is 11.3 Å². The Balaban J connectivity index is 2.43. The number of rotatable bonds is 8. The summed E-state index contributed by atoms with van der Waals surface area (Å²) in [5.74, 6) is -0.400. The first-order chi connectivity index (χ1) is 9.89. The number of hydrogen-bond acceptors (Lipinski definition) is 3. The molecular weight excluding hydrogens is 270 g/mol. The molecule has 1 N–H and O–H groups in total. The second kappa shape index (κ2) is 7.67. The largest absolute Gasteiger partial charge is 0.494 e. The quantitative estimate of drug-likeness (QED) is 0.748. The summed E-state index contributed by atoms with van der Waals surface area (Å²) in [6.07, 6.45) is 0.831. The van der Waals surface area contributed by atoms with Crippen LogP contribution in [0.2, 0.25) is 0 Å². The Morgan fingerprint density at radius 3 is 2.38 bits per heavy atom. The molecule has 0 bridgehead atoms. The van der Waals surface area contributed by atoms with Gasteiger partial charge in [0.25, 0.3) is 0 Å². The van der Waals surface area contributed by atoms with Gasteiger partial charge in [0, 0.05) is 13.0 Å². The van der Waals surface area contributed by atoms with Crippen LogP contribution in [-0.2, 0) is 9.59 Å². The minimum Gasteiger partial charge on any atom is -0.494 e. The van der Waals surface area contributed by atoms with Gasteiger partial charge in [-0.05, 0) is 39.3 Å². The molecule has 1 aromatic carbocycles. The first kappa shape index (κ1) is 17.0. The van der Waals surface area contributed by atoms with Crippen molar-refractivity contribution in [2.75, 3.05) is 13.2 Å². The fourth-order valence-electron chi connectivity index (χ4n) is 2.06. The van der Waals surface area contributed by atoms with Gasteiger partial charge in [-0.25, -0.2) is 4.79 Å². The Labute approximate surface area is 125 Å². The normalized spacial score (nSPS) is 11.0. The van der Waals surface area contributed by atoms with Crippen molar-refractivity contribution in [2.24, 2.45) is 0 Å². The van der Waals surface area contributed by atoms with Crippen LogP contribution in [0.5, 0.6) is 5.75 Å². The smallest absolute Gasteiger partial charge is 0.329 e. The van der Waals surface area contributed by atoms with Crippen molar-refractivity contribution in [1.82, 2.24) is 4.90 Å². The molecule has 0 fully saturated rings. The van der Waals surface area contributed by atoms with Crippen molar-refractivity contribution in [3.05, 3.63) is 30.3 Å². The molecule has 0 saturated carbocycles. The Bertz CT molecular complexity index is 470. The summed E-state index contributed by atoms with van der Waals surface area (Å²) in [6, 6.07) is 9.38. The van der Waals surface area contributed by atoms with E-state index in [9.17, 15) is 14.7 Å². The van der Waals surface area contributed by atoms with Crippen LogP contribution in [0.4, 0.5) is 0 Å². The lowest BCUT2D eigenvalue weighted by Gasteiger charge is -2.34. The van der Waals surface area contributed by atoms with E-state index in [1.807, 2.05) is 30.3 Å². The molecule has 0 saturated heterocycles. The number of carboxylic acids is 1. The van der Waals surface area contributed by atoms with E-state index in [1.165, 1.54) is 18.7 Å². The number of carbonyl (C=O) groups excluding carboxylic acids is 1. The third-order valence-corrected chi connectivity index (χ3v) is 3.36. The van der Waals surface area contributed by atoms with Crippen molar-refractivity contribution in [2.45, 2.75) is 39.2 Å². The van der Waals surface area contributed by atoms with Crippen LogP contribution in [0.1, 0.15) is 33.6 Å². The lowest BCUT2D eigenvalue weighted by atomic mass is 10.0. The molecule has 0 spiro atoms. The minimum absolute atomic E-state index is 0.165. The standard InChI is InChI=1S/C16H23NO4/c1-4-17(16(2,3)15(19)20)14(18)11-8-12-21-13-9-6-5-7-10-13/h5-7,9-10H,4,8,11-12H2,1-3H3,(H,19,20). The van der Waals surface area contributed by atoms with Gasteiger partial charge in [0.05, 0.1) is 6.61 Å². The molecule has 116 valence electrons. The van der Waals surface area contributed by atoms with E-state index < -0.39 is 11.5 Å². The summed E-state index contributed by atoms with van der Waals surface area (Å²) >= 11 is 0. The van der Waals surface area contributed by atoms with Gasteiger partial charge in [0.2, 0.25) is 5.91 Å². The topological polar surface area (TPSA) is 66.8 Å². The molecule has 0 aliphatic heterocycles. The number of nitrogens with zero attached hydrogens (tertiary/aromatic N) is 1. The Morgan fingerprint density at radius 1 is 1.24 bits per heavy atom. The molecule has 0 aliphatic carbocycles. The molecule has 1 amide bonds. The number of amides is 1. The number of para-hydroxylation sites is 1. The van der Waals surface area contributed by atoms with Crippen LogP contribution in [-0.4, -0.2) is 40.6 Å². The molecule has 0 unspecified atom stereocenters. The van der Waals surface area contributed by atoms with Gasteiger partial charge in [0.15, 0.2) is 0 Å². The van der Waals surface area contributed by atoms with Crippen molar-refractivity contribution >= 4 is 11.9 Å². The predicted molar refractivity (Wildman–Crippen MR) is 80.3 cm³/mol. The van der Waals surface area contributed by atoms with Crippen LogP contribution >= 0.6 is 0 Å². The zero-order chi connectivity index (χ0) is 15.9. The maximum atomic E-state index is 12.1. The van der Waals surface area contributed by atoms with Gasteiger partial charge in [-0.2, -0.15) is 0 Å². The first-order valence-corrected chi connectivity index (χ1v) is 7.11. The number of ether oxygens (including phenoxy) is 1. The Kier molecular flexibility index (Phi) is 6.21. The van der Waals surface area contributed by atoms with Crippen molar-refractivity contribution in [1.29, 1.82) is 0 Å². The van der Waals surface area contributed by atoms with Crippen LogP contribution in [0.25, 0.3) is 0 Å². The molecule has 1 aromatic rings. The van der Waals surface area contributed by atoms with Gasteiger partial charge < -0.3 is 14.7 Å². The molecule has 0 radical (unpaired) electrons. The molecule has 0 aliphatic rings. The van der Waals surface area contributed by atoms with E-state index in [0.29, 0.717) is 19.6 Å². The molecule has 1 rings (SSSR count). The highest BCUT2D eigenvalue weighted by atomic mass is 16.5. The summed E-state index contributed by atoms with van der Waals surface area (Å²) in [4.78, 5) is 24.8. The van der Waals surface area contributed by atoms with Gasteiger partial charge in [-0.3, -0.25) is 4.79 Å². The highest BCUT2D eigenvalue weighted by Gasteiger charge is 2.36. The number of carbonyl (C=O) groups is 2. The van der Waals surface area contributed by atoms with E-state index >= 15 is 0 Å². The zero-order valence-electron chi connectivity index (χ0n) is 12.8. The van der Waals surface area contributed by atoms with Crippen LogP contribution in [0.15, 0.2) is 30.3 Å². The number of hydrogen-bond donors (Lipinski definition) is 1. The van der Waals surface area contributed by atoms with Crippen molar-refractivity contribution < 1.29 is 19.4 Å². The third kappa shape index (κ3) is 4.77. The number of carboxylic acid groups (broad SMARTS) is 1. The Morgan fingerprint density at radius 2 is 1.86 bits per heavy atom. The summed E-state index contributed by atoms with van der Waals surface area (Å²) in [7, 11) is 0. The molecule has 5 heteroatoms. The maximum Gasteiger partial charge on any atom is 0.329 e. The van der Waals surface area contributed by atoms with Crippen LogP contribution in [0, 0.1) is 0 Å². The lowest BCUT2D eigenvalue weighted by molar-refractivity contribution is -0.156. The summed E-state index contributed by atoms with van der Waals surface area (Å²) < 4.78 is 5.52. The maximum absolute atomic E-state index is 12.1. The van der Waals surface area contributed by atoms with Crippen LogP contribution < -0.4 is 4.74 Å². The minimum atomic E-state index is -1.19. The average Bonchev–Trinajstić information content (AvgIpc) is 2.45. The molecule has 0 aromatic heterocycles. The monoisotopic (exact) mass is 293 g/mol. The van der Waals surface area contributed by atoms with Gasteiger partial charge >= 0.3 is 5.97 Å². The highest BCUT2D eigenvalue weighted by molar-refractivity contribution is 5.86. The number of benzene rings is 1. The third-order valence-electron chi connectivity index (χ3n) is 3.36. The van der Waals surface area contributed by atoms with E-state index in [4.69, 9.17) is 4.74 Å². The zero-order valence-corrected chi connectivity index (χ0v) is 12.8. The lowest BCUT2D eigenvalue weighted by Crippen LogP contribution is -2.52. The first-order valence-electron chi connectivity index (χ1n) is 7.11. The Hall–Kier alpha value is -2.04. The van der Waals surface area contributed by atoms with Crippen LogP contribution in [0.3, 0.4) is 0 Å². The van der Waals surface area contributed by atoms with Crippen molar-refractivity contribution in [3.63, 3.8) is 0 Å².